The summed E-state index contributed by atoms with van der Waals surface area (Å²) in [5.74, 6) is 1.34. The SMILES string of the molecule is COc1ccc(OCCNc2ccc(C(=O)Nc3cccc(C)c3)nc2)cc1. The molecule has 2 aromatic carbocycles. The fourth-order valence-electron chi connectivity index (χ4n) is 2.59. The van der Waals surface area contributed by atoms with Gasteiger partial charge >= 0.3 is 0 Å². The molecule has 0 atom stereocenters. The molecule has 0 aliphatic heterocycles. The molecule has 144 valence electrons. The Morgan fingerprint density at radius 1 is 1.00 bits per heavy atom. The van der Waals surface area contributed by atoms with E-state index in [1.807, 2.05) is 61.5 Å². The second-order valence-corrected chi connectivity index (χ2v) is 6.21. The van der Waals surface area contributed by atoms with Crippen LogP contribution in [0.25, 0.3) is 0 Å². The molecule has 6 heteroatoms. The third kappa shape index (κ3) is 5.48. The number of benzene rings is 2. The van der Waals surface area contributed by atoms with Crippen LogP contribution in [0.3, 0.4) is 0 Å². The lowest BCUT2D eigenvalue weighted by Gasteiger charge is -2.10. The normalized spacial score (nSPS) is 10.2. The van der Waals surface area contributed by atoms with Gasteiger partial charge in [0.25, 0.3) is 5.91 Å². The number of hydrogen-bond donors (Lipinski definition) is 2. The highest BCUT2D eigenvalue weighted by Crippen LogP contribution is 2.17. The van der Waals surface area contributed by atoms with Crippen LogP contribution in [0.2, 0.25) is 0 Å². The first-order valence-corrected chi connectivity index (χ1v) is 8.99. The molecule has 28 heavy (non-hydrogen) atoms. The summed E-state index contributed by atoms with van der Waals surface area (Å²) in [6.07, 6.45) is 1.64. The molecule has 2 N–H and O–H groups in total. The third-order valence-electron chi connectivity index (χ3n) is 4.03. The lowest BCUT2D eigenvalue weighted by Crippen LogP contribution is -2.15. The van der Waals surface area contributed by atoms with E-state index in [0.29, 0.717) is 18.8 Å². The van der Waals surface area contributed by atoms with Crippen molar-refractivity contribution in [2.75, 3.05) is 30.9 Å². The highest BCUT2D eigenvalue weighted by molar-refractivity contribution is 6.02. The maximum atomic E-state index is 12.3. The van der Waals surface area contributed by atoms with Crippen LogP contribution in [0, 0.1) is 6.92 Å². The zero-order valence-electron chi connectivity index (χ0n) is 15.9. The second kappa shape index (κ2) is 9.41. The summed E-state index contributed by atoms with van der Waals surface area (Å²) in [5.41, 5.74) is 3.03. The van der Waals surface area contributed by atoms with Gasteiger partial charge in [0.2, 0.25) is 0 Å². The molecule has 3 aromatic rings. The number of nitrogens with one attached hydrogen (secondary N) is 2. The minimum Gasteiger partial charge on any atom is -0.497 e. The van der Waals surface area contributed by atoms with E-state index in [9.17, 15) is 4.79 Å². The molecule has 0 bridgehead atoms. The van der Waals surface area contributed by atoms with Crippen molar-refractivity contribution in [2.24, 2.45) is 0 Å². The Morgan fingerprint density at radius 2 is 1.79 bits per heavy atom. The number of carbonyl (C=O) groups excluding carboxylic acids is 1. The summed E-state index contributed by atoms with van der Waals surface area (Å²) < 4.78 is 10.8. The van der Waals surface area contributed by atoms with E-state index >= 15 is 0 Å². The number of pyridine rings is 1. The van der Waals surface area contributed by atoms with Crippen molar-refractivity contribution >= 4 is 17.3 Å². The number of aromatic nitrogens is 1. The molecule has 1 heterocycles. The Bertz CT molecular complexity index is 909. The van der Waals surface area contributed by atoms with Gasteiger partial charge in [0.15, 0.2) is 0 Å². The van der Waals surface area contributed by atoms with E-state index < -0.39 is 0 Å². The number of hydrogen-bond acceptors (Lipinski definition) is 5. The van der Waals surface area contributed by atoms with Crippen LogP contribution >= 0.6 is 0 Å². The van der Waals surface area contributed by atoms with Crippen LogP contribution in [-0.2, 0) is 0 Å². The average Bonchev–Trinajstić information content (AvgIpc) is 2.72. The van der Waals surface area contributed by atoms with E-state index in [4.69, 9.17) is 9.47 Å². The molecule has 6 nitrogen and oxygen atoms in total. The lowest BCUT2D eigenvalue weighted by molar-refractivity contribution is 0.102. The number of carbonyl (C=O) groups is 1. The predicted octanol–water partition coefficient (Wildman–Crippen LogP) is 4.14. The summed E-state index contributed by atoms with van der Waals surface area (Å²) in [7, 11) is 1.63. The van der Waals surface area contributed by atoms with Gasteiger partial charge < -0.3 is 20.1 Å². The summed E-state index contributed by atoms with van der Waals surface area (Å²) >= 11 is 0. The summed E-state index contributed by atoms with van der Waals surface area (Å²) in [6, 6.07) is 18.6. The van der Waals surface area contributed by atoms with Gasteiger partial charge in [-0.05, 0) is 61.0 Å². The predicted molar refractivity (Wildman–Crippen MR) is 110 cm³/mol. The number of amides is 1. The smallest absolute Gasteiger partial charge is 0.274 e. The van der Waals surface area contributed by atoms with Crippen LogP contribution in [0.4, 0.5) is 11.4 Å². The van der Waals surface area contributed by atoms with Crippen molar-refractivity contribution in [1.82, 2.24) is 4.98 Å². The molecule has 0 aliphatic rings. The summed E-state index contributed by atoms with van der Waals surface area (Å²) in [5, 5.41) is 6.06. The fraction of sp³-hybridized carbons (Fsp3) is 0.182. The summed E-state index contributed by atoms with van der Waals surface area (Å²) in [4.78, 5) is 16.5. The Morgan fingerprint density at radius 3 is 2.46 bits per heavy atom. The van der Waals surface area contributed by atoms with Gasteiger partial charge in [0.1, 0.15) is 23.8 Å². The number of aryl methyl sites for hydroxylation is 1. The fourth-order valence-corrected chi connectivity index (χ4v) is 2.59. The summed E-state index contributed by atoms with van der Waals surface area (Å²) in [6.45, 7) is 3.09. The topological polar surface area (TPSA) is 72.5 Å². The number of rotatable bonds is 8. The van der Waals surface area contributed by atoms with Gasteiger partial charge in [-0.15, -0.1) is 0 Å². The van der Waals surface area contributed by atoms with Crippen molar-refractivity contribution < 1.29 is 14.3 Å². The quantitative estimate of drug-likeness (QED) is 0.577. The molecule has 0 spiro atoms. The minimum atomic E-state index is -0.236. The van der Waals surface area contributed by atoms with Crippen LogP contribution in [0.5, 0.6) is 11.5 Å². The molecule has 0 unspecified atom stereocenters. The van der Waals surface area contributed by atoms with Gasteiger partial charge in [-0.2, -0.15) is 0 Å². The van der Waals surface area contributed by atoms with E-state index in [-0.39, 0.29) is 5.91 Å². The lowest BCUT2D eigenvalue weighted by atomic mass is 10.2. The van der Waals surface area contributed by atoms with Crippen LogP contribution in [0.1, 0.15) is 16.1 Å². The average molecular weight is 377 g/mol. The molecule has 0 fully saturated rings. The van der Waals surface area contributed by atoms with Crippen LogP contribution in [-0.4, -0.2) is 31.2 Å². The Hall–Kier alpha value is -3.54. The molecule has 0 radical (unpaired) electrons. The van der Waals surface area contributed by atoms with E-state index in [1.165, 1.54) is 0 Å². The molecule has 0 aliphatic carbocycles. The number of anilines is 2. The number of ether oxygens (including phenoxy) is 2. The van der Waals surface area contributed by atoms with Crippen molar-refractivity contribution in [3.05, 3.63) is 78.1 Å². The van der Waals surface area contributed by atoms with Crippen molar-refractivity contribution in [2.45, 2.75) is 6.92 Å². The molecular formula is C22H23N3O3. The Balaban J connectivity index is 1.45. The van der Waals surface area contributed by atoms with Crippen molar-refractivity contribution in [3.8, 4) is 11.5 Å². The number of nitrogens with zero attached hydrogens (tertiary/aromatic N) is 1. The monoisotopic (exact) mass is 377 g/mol. The molecule has 0 saturated heterocycles. The van der Waals surface area contributed by atoms with E-state index in [1.54, 1.807) is 19.4 Å². The van der Waals surface area contributed by atoms with Crippen molar-refractivity contribution in [3.63, 3.8) is 0 Å². The molecule has 3 rings (SSSR count). The van der Waals surface area contributed by atoms with Gasteiger partial charge in [0.05, 0.1) is 19.0 Å². The standard InChI is InChI=1S/C22H23N3O3/c1-16-4-3-5-17(14-16)25-22(26)21-11-6-18(15-24-21)23-12-13-28-20-9-7-19(27-2)8-10-20/h3-11,14-15,23H,12-13H2,1-2H3,(H,25,26). The highest BCUT2D eigenvalue weighted by Gasteiger charge is 2.07. The molecular weight excluding hydrogens is 354 g/mol. The zero-order valence-corrected chi connectivity index (χ0v) is 15.9. The highest BCUT2D eigenvalue weighted by atomic mass is 16.5. The molecule has 0 saturated carbocycles. The maximum absolute atomic E-state index is 12.3. The molecule has 1 aromatic heterocycles. The van der Waals surface area contributed by atoms with Crippen molar-refractivity contribution in [1.29, 1.82) is 0 Å². The van der Waals surface area contributed by atoms with E-state index in [2.05, 4.69) is 15.6 Å². The second-order valence-electron chi connectivity index (χ2n) is 6.21. The van der Waals surface area contributed by atoms with Crippen LogP contribution in [0.15, 0.2) is 66.9 Å². The van der Waals surface area contributed by atoms with Gasteiger partial charge in [0, 0.05) is 12.2 Å². The first kappa shape index (κ1) is 19.2. The first-order valence-electron chi connectivity index (χ1n) is 8.99. The van der Waals surface area contributed by atoms with Crippen LogP contribution < -0.4 is 20.1 Å². The minimum absolute atomic E-state index is 0.236. The van der Waals surface area contributed by atoms with Gasteiger partial charge in [-0.25, -0.2) is 4.98 Å². The number of methoxy groups -OCH3 is 1. The van der Waals surface area contributed by atoms with Gasteiger partial charge in [-0.3, -0.25) is 4.79 Å². The first-order chi connectivity index (χ1) is 13.6. The molecule has 1 amide bonds. The zero-order chi connectivity index (χ0) is 19.8. The van der Waals surface area contributed by atoms with Gasteiger partial charge in [-0.1, -0.05) is 12.1 Å². The Kier molecular flexibility index (Phi) is 6.46. The maximum Gasteiger partial charge on any atom is 0.274 e. The third-order valence-corrected chi connectivity index (χ3v) is 4.03. The van der Waals surface area contributed by atoms with E-state index in [0.717, 1.165) is 28.4 Å². The Labute approximate surface area is 164 Å². The largest absolute Gasteiger partial charge is 0.497 e.